The number of nitrogens with one attached hydrogen (secondary N) is 1. The van der Waals surface area contributed by atoms with Gasteiger partial charge >= 0.3 is 5.97 Å². The molecule has 0 bridgehead atoms. The summed E-state index contributed by atoms with van der Waals surface area (Å²) >= 11 is 0. The van der Waals surface area contributed by atoms with Crippen LogP contribution in [0, 0.1) is 0 Å². The van der Waals surface area contributed by atoms with Crippen LogP contribution < -0.4 is 5.32 Å². The van der Waals surface area contributed by atoms with Crippen LogP contribution >= 0.6 is 0 Å². The highest BCUT2D eigenvalue weighted by Gasteiger charge is 2.21. The van der Waals surface area contributed by atoms with E-state index < -0.39 is 0 Å². The molecular formula is C14H17N3O2. The maximum atomic E-state index is 11.9. The minimum Gasteiger partial charge on any atom is -0.468 e. The Hall–Kier alpha value is -2.30. The van der Waals surface area contributed by atoms with Gasteiger partial charge < -0.3 is 10.1 Å². The molecule has 1 heterocycles. The number of methoxy groups -OCH3 is 1. The molecule has 0 aliphatic heterocycles. The highest BCUT2D eigenvalue weighted by atomic mass is 16.5. The van der Waals surface area contributed by atoms with E-state index in [2.05, 4.69) is 10.4 Å². The van der Waals surface area contributed by atoms with E-state index in [1.165, 1.54) is 7.11 Å². The van der Waals surface area contributed by atoms with Crippen molar-refractivity contribution in [3.63, 3.8) is 0 Å². The fourth-order valence-corrected chi connectivity index (χ4v) is 1.90. The fourth-order valence-electron chi connectivity index (χ4n) is 1.90. The number of hydrogen-bond donors (Lipinski definition) is 1. The summed E-state index contributed by atoms with van der Waals surface area (Å²) in [6.07, 6.45) is 3.58. The zero-order valence-corrected chi connectivity index (χ0v) is 11.0. The first-order chi connectivity index (χ1) is 9.20. The average Bonchev–Trinajstić information content (AvgIpc) is 2.85. The van der Waals surface area contributed by atoms with Gasteiger partial charge in [-0.15, -0.1) is 0 Å². The Balaban J connectivity index is 2.09. The second kappa shape index (κ2) is 6.04. The van der Waals surface area contributed by atoms with E-state index in [1.54, 1.807) is 10.9 Å². The van der Waals surface area contributed by atoms with Gasteiger partial charge in [0.15, 0.2) is 0 Å². The van der Waals surface area contributed by atoms with E-state index in [4.69, 9.17) is 4.74 Å². The summed E-state index contributed by atoms with van der Waals surface area (Å²) in [5.41, 5.74) is 1.82. The third-order valence-electron chi connectivity index (χ3n) is 2.90. The predicted octanol–water partition coefficient (Wildman–Crippen LogP) is 1.79. The van der Waals surface area contributed by atoms with Crippen molar-refractivity contribution in [1.29, 1.82) is 0 Å². The molecule has 0 fully saturated rings. The number of aryl methyl sites for hydroxylation is 1. The quantitative estimate of drug-likeness (QED) is 0.832. The summed E-state index contributed by atoms with van der Waals surface area (Å²) in [6, 6.07) is 9.59. The Labute approximate surface area is 112 Å². The Morgan fingerprint density at radius 3 is 2.74 bits per heavy atom. The number of carbonyl (C=O) groups is 1. The van der Waals surface area contributed by atoms with Crippen molar-refractivity contribution in [1.82, 2.24) is 9.78 Å². The van der Waals surface area contributed by atoms with Crippen molar-refractivity contribution in [2.24, 2.45) is 7.05 Å². The van der Waals surface area contributed by atoms with Crippen LogP contribution in [0.3, 0.4) is 0 Å². The molecule has 2 aromatic rings. The molecule has 1 N–H and O–H groups in total. The topological polar surface area (TPSA) is 56.1 Å². The van der Waals surface area contributed by atoms with Gasteiger partial charge in [-0.2, -0.15) is 5.10 Å². The molecule has 0 amide bonds. The highest BCUT2D eigenvalue weighted by Crippen LogP contribution is 2.18. The third kappa shape index (κ3) is 3.34. The fraction of sp³-hybridized carbons (Fsp3) is 0.286. The minimum atomic E-state index is -0.327. The molecule has 5 nitrogen and oxygen atoms in total. The van der Waals surface area contributed by atoms with Crippen molar-refractivity contribution in [3.05, 3.63) is 48.3 Å². The van der Waals surface area contributed by atoms with Gasteiger partial charge in [0.1, 0.15) is 0 Å². The van der Waals surface area contributed by atoms with Crippen molar-refractivity contribution >= 4 is 11.7 Å². The molecule has 1 unspecified atom stereocenters. The lowest BCUT2D eigenvalue weighted by Crippen LogP contribution is -2.22. The normalized spacial score (nSPS) is 11.9. The summed E-state index contributed by atoms with van der Waals surface area (Å²) in [4.78, 5) is 11.9. The monoisotopic (exact) mass is 259 g/mol. The SMILES string of the molecule is COC(=O)C(CNc1cnn(C)c1)c1ccccc1. The van der Waals surface area contributed by atoms with Crippen LogP contribution in [0.4, 0.5) is 5.69 Å². The van der Waals surface area contributed by atoms with Crippen molar-refractivity contribution in [2.45, 2.75) is 5.92 Å². The van der Waals surface area contributed by atoms with Crippen LogP contribution in [-0.4, -0.2) is 29.4 Å². The molecule has 0 radical (unpaired) electrons. The van der Waals surface area contributed by atoms with Crippen LogP contribution in [0.2, 0.25) is 0 Å². The first kappa shape index (κ1) is 13.1. The van der Waals surface area contributed by atoms with E-state index >= 15 is 0 Å². The molecule has 0 saturated heterocycles. The molecular weight excluding hydrogens is 242 g/mol. The number of carbonyl (C=O) groups excluding carboxylic acids is 1. The smallest absolute Gasteiger partial charge is 0.314 e. The van der Waals surface area contributed by atoms with Crippen LogP contribution in [0.1, 0.15) is 11.5 Å². The first-order valence-corrected chi connectivity index (χ1v) is 6.06. The minimum absolute atomic E-state index is 0.248. The van der Waals surface area contributed by atoms with Crippen LogP contribution in [0.15, 0.2) is 42.7 Å². The summed E-state index contributed by atoms with van der Waals surface area (Å²) < 4.78 is 6.57. The lowest BCUT2D eigenvalue weighted by atomic mass is 9.99. The molecule has 0 spiro atoms. The zero-order chi connectivity index (χ0) is 13.7. The van der Waals surface area contributed by atoms with Gasteiger partial charge in [-0.1, -0.05) is 30.3 Å². The van der Waals surface area contributed by atoms with Gasteiger partial charge in [-0.05, 0) is 5.56 Å². The summed E-state index contributed by atoms with van der Waals surface area (Å²) in [6.45, 7) is 0.475. The van der Waals surface area contributed by atoms with Crippen molar-refractivity contribution in [2.75, 3.05) is 19.0 Å². The molecule has 1 aromatic heterocycles. The number of benzene rings is 1. The summed E-state index contributed by atoms with van der Waals surface area (Å²) in [5, 5.41) is 7.27. The van der Waals surface area contributed by atoms with Crippen LogP contribution in [-0.2, 0) is 16.6 Å². The second-order valence-corrected chi connectivity index (χ2v) is 4.27. The van der Waals surface area contributed by atoms with Gasteiger partial charge in [-0.25, -0.2) is 0 Å². The third-order valence-corrected chi connectivity index (χ3v) is 2.90. The number of anilines is 1. The number of ether oxygens (including phenoxy) is 1. The molecule has 100 valence electrons. The van der Waals surface area contributed by atoms with Crippen molar-refractivity contribution in [3.8, 4) is 0 Å². The first-order valence-electron chi connectivity index (χ1n) is 6.06. The van der Waals surface area contributed by atoms with E-state index in [0.717, 1.165) is 11.3 Å². The second-order valence-electron chi connectivity index (χ2n) is 4.27. The van der Waals surface area contributed by atoms with Crippen LogP contribution in [0.25, 0.3) is 0 Å². The van der Waals surface area contributed by atoms with E-state index in [1.807, 2.05) is 43.6 Å². The van der Waals surface area contributed by atoms with Crippen molar-refractivity contribution < 1.29 is 9.53 Å². The molecule has 2 rings (SSSR count). The van der Waals surface area contributed by atoms with E-state index in [9.17, 15) is 4.79 Å². The maximum Gasteiger partial charge on any atom is 0.314 e. The molecule has 0 aliphatic rings. The number of rotatable bonds is 5. The molecule has 0 saturated carbocycles. The van der Waals surface area contributed by atoms with Gasteiger partial charge in [-0.3, -0.25) is 9.48 Å². The lowest BCUT2D eigenvalue weighted by molar-refractivity contribution is -0.142. The molecule has 19 heavy (non-hydrogen) atoms. The highest BCUT2D eigenvalue weighted by molar-refractivity contribution is 5.78. The van der Waals surface area contributed by atoms with Gasteiger partial charge in [0.25, 0.3) is 0 Å². The Morgan fingerprint density at radius 2 is 2.16 bits per heavy atom. The van der Waals surface area contributed by atoms with Gasteiger partial charge in [0.2, 0.25) is 0 Å². The van der Waals surface area contributed by atoms with E-state index in [-0.39, 0.29) is 11.9 Å². The molecule has 1 aromatic carbocycles. The Bertz CT molecular complexity index is 537. The number of hydrogen-bond acceptors (Lipinski definition) is 4. The Morgan fingerprint density at radius 1 is 1.42 bits per heavy atom. The number of nitrogens with zero attached hydrogens (tertiary/aromatic N) is 2. The lowest BCUT2D eigenvalue weighted by Gasteiger charge is -2.15. The molecule has 0 aliphatic carbocycles. The molecule has 5 heteroatoms. The maximum absolute atomic E-state index is 11.9. The number of esters is 1. The van der Waals surface area contributed by atoms with Gasteiger partial charge in [0, 0.05) is 19.8 Å². The average molecular weight is 259 g/mol. The van der Waals surface area contributed by atoms with Gasteiger partial charge in [0.05, 0.1) is 24.9 Å². The Kier molecular flexibility index (Phi) is 4.18. The summed E-state index contributed by atoms with van der Waals surface area (Å²) in [5.74, 6) is -0.575. The largest absolute Gasteiger partial charge is 0.468 e. The molecule has 1 atom stereocenters. The standard InChI is InChI=1S/C14H17N3O2/c1-17-10-12(8-16-17)15-9-13(14(18)19-2)11-6-4-3-5-7-11/h3-8,10,13,15H,9H2,1-2H3. The zero-order valence-electron chi connectivity index (χ0n) is 11.0. The number of aromatic nitrogens is 2. The van der Waals surface area contributed by atoms with Crippen LogP contribution in [0.5, 0.6) is 0 Å². The predicted molar refractivity (Wildman–Crippen MR) is 72.9 cm³/mol. The van der Waals surface area contributed by atoms with E-state index in [0.29, 0.717) is 6.54 Å². The summed E-state index contributed by atoms with van der Waals surface area (Å²) in [7, 11) is 3.25.